The normalized spacial score (nSPS) is 9.64. The molecule has 60 valence electrons. The molecule has 4 heteroatoms. The Labute approximate surface area is 72.5 Å². The van der Waals surface area contributed by atoms with E-state index in [1.165, 1.54) is 6.20 Å². The summed E-state index contributed by atoms with van der Waals surface area (Å²) < 4.78 is 17.7. The van der Waals surface area contributed by atoms with Gasteiger partial charge in [0, 0.05) is 11.5 Å². The number of alkyl halides is 1. The van der Waals surface area contributed by atoms with Crippen LogP contribution in [0.3, 0.4) is 0 Å². The van der Waals surface area contributed by atoms with E-state index in [4.69, 9.17) is 4.74 Å². The molecule has 1 aromatic rings. The SMILES string of the molecule is Fc1ncccc1OCCBr. The van der Waals surface area contributed by atoms with Crippen molar-refractivity contribution in [2.75, 3.05) is 11.9 Å². The standard InChI is InChI=1S/C7H7BrFNO/c8-3-5-11-6-2-1-4-10-7(6)9/h1-2,4H,3,5H2. The van der Waals surface area contributed by atoms with Gasteiger partial charge in [0.15, 0.2) is 5.75 Å². The molecule has 1 rings (SSSR count). The van der Waals surface area contributed by atoms with Crippen molar-refractivity contribution in [3.8, 4) is 5.75 Å². The fourth-order valence-corrected chi connectivity index (χ4v) is 0.789. The van der Waals surface area contributed by atoms with Crippen molar-refractivity contribution in [1.82, 2.24) is 4.98 Å². The smallest absolute Gasteiger partial charge is 0.255 e. The van der Waals surface area contributed by atoms with Crippen LogP contribution in [-0.4, -0.2) is 16.9 Å². The van der Waals surface area contributed by atoms with E-state index in [0.717, 1.165) is 0 Å². The highest BCUT2D eigenvalue weighted by Crippen LogP contribution is 2.12. The van der Waals surface area contributed by atoms with E-state index in [2.05, 4.69) is 20.9 Å². The molecule has 0 radical (unpaired) electrons. The summed E-state index contributed by atoms with van der Waals surface area (Å²) in [4.78, 5) is 3.43. The minimum Gasteiger partial charge on any atom is -0.488 e. The Morgan fingerprint density at radius 2 is 2.45 bits per heavy atom. The molecule has 0 amide bonds. The summed E-state index contributed by atoms with van der Waals surface area (Å²) in [5, 5.41) is 0.682. The van der Waals surface area contributed by atoms with Crippen molar-refractivity contribution >= 4 is 15.9 Å². The summed E-state index contributed by atoms with van der Waals surface area (Å²) in [6.07, 6.45) is 1.39. The van der Waals surface area contributed by atoms with Crippen molar-refractivity contribution in [1.29, 1.82) is 0 Å². The zero-order valence-electron chi connectivity index (χ0n) is 5.76. The summed E-state index contributed by atoms with van der Waals surface area (Å²) in [5.41, 5.74) is 0. The lowest BCUT2D eigenvalue weighted by Crippen LogP contribution is -2.00. The molecule has 1 aromatic heterocycles. The summed E-state index contributed by atoms with van der Waals surface area (Å²) in [7, 11) is 0. The Morgan fingerprint density at radius 3 is 3.09 bits per heavy atom. The number of pyridine rings is 1. The molecule has 1 heterocycles. The molecule has 0 saturated carbocycles. The second-order valence-electron chi connectivity index (χ2n) is 1.83. The first-order valence-electron chi connectivity index (χ1n) is 3.14. The third kappa shape index (κ3) is 2.46. The van der Waals surface area contributed by atoms with Gasteiger partial charge in [0.1, 0.15) is 0 Å². The molecule has 0 aliphatic heterocycles. The Bertz CT molecular complexity index is 231. The van der Waals surface area contributed by atoms with E-state index in [-0.39, 0.29) is 5.75 Å². The van der Waals surface area contributed by atoms with Gasteiger partial charge in [-0.2, -0.15) is 4.39 Å². The predicted molar refractivity (Wildman–Crippen MR) is 43.5 cm³/mol. The van der Waals surface area contributed by atoms with Crippen LogP contribution in [0.5, 0.6) is 5.75 Å². The molecule has 0 spiro atoms. The number of ether oxygens (including phenoxy) is 1. The number of hydrogen-bond donors (Lipinski definition) is 0. The number of aromatic nitrogens is 1. The fourth-order valence-electron chi connectivity index (χ4n) is 0.627. The highest BCUT2D eigenvalue weighted by molar-refractivity contribution is 9.09. The van der Waals surface area contributed by atoms with E-state index in [1.807, 2.05) is 0 Å². The van der Waals surface area contributed by atoms with Crippen molar-refractivity contribution in [3.63, 3.8) is 0 Å². The van der Waals surface area contributed by atoms with Gasteiger partial charge >= 0.3 is 0 Å². The molecule has 0 bridgehead atoms. The Balaban J connectivity index is 2.62. The molecule has 0 unspecified atom stereocenters. The first kappa shape index (κ1) is 8.46. The third-order valence-corrected chi connectivity index (χ3v) is 1.38. The van der Waals surface area contributed by atoms with Crippen molar-refractivity contribution in [2.24, 2.45) is 0 Å². The fraction of sp³-hybridized carbons (Fsp3) is 0.286. The quantitative estimate of drug-likeness (QED) is 0.574. The maximum Gasteiger partial charge on any atom is 0.255 e. The minimum absolute atomic E-state index is 0.201. The first-order chi connectivity index (χ1) is 5.34. The van der Waals surface area contributed by atoms with Gasteiger partial charge in [-0.3, -0.25) is 0 Å². The maximum atomic E-state index is 12.7. The topological polar surface area (TPSA) is 22.1 Å². The van der Waals surface area contributed by atoms with Gasteiger partial charge in [0.25, 0.3) is 5.95 Å². The van der Waals surface area contributed by atoms with Gasteiger partial charge in [0.05, 0.1) is 6.61 Å². The predicted octanol–water partition coefficient (Wildman–Crippen LogP) is 1.99. The Kier molecular flexibility index (Phi) is 3.29. The Hall–Kier alpha value is -0.640. The van der Waals surface area contributed by atoms with Crippen molar-refractivity contribution < 1.29 is 9.13 Å². The average molecular weight is 220 g/mol. The lowest BCUT2D eigenvalue weighted by molar-refractivity contribution is 0.320. The number of halogens is 2. The molecule has 2 nitrogen and oxygen atoms in total. The molecular weight excluding hydrogens is 213 g/mol. The van der Waals surface area contributed by atoms with Gasteiger partial charge in [-0.15, -0.1) is 0 Å². The first-order valence-corrected chi connectivity index (χ1v) is 4.26. The number of nitrogens with zero attached hydrogens (tertiary/aromatic N) is 1. The molecular formula is C7H7BrFNO. The van der Waals surface area contributed by atoms with Crippen LogP contribution in [0.4, 0.5) is 4.39 Å². The monoisotopic (exact) mass is 219 g/mol. The zero-order valence-corrected chi connectivity index (χ0v) is 7.34. The zero-order chi connectivity index (χ0) is 8.10. The molecule has 0 aliphatic rings. The molecule has 0 atom stereocenters. The minimum atomic E-state index is -0.562. The van der Waals surface area contributed by atoms with Crippen LogP contribution in [0.15, 0.2) is 18.3 Å². The summed E-state index contributed by atoms with van der Waals surface area (Å²) in [6, 6.07) is 3.18. The highest BCUT2D eigenvalue weighted by atomic mass is 79.9. The molecule has 0 saturated heterocycles. The summed E-state index contributed by atoms with van der Waals surface area (Å²) in [6.45, 7) is 0.447. The van der Waals surface area contributed by atoms with E-state index >= 15 is 0 Å². The van der Waals surface area contributed by atoms with Crippen LogP contribution >= 0.6 is 15.9 Å². The van der Waals surface area contributed by atoms with Crippen LogP contribution < -0.4 is 4.74 Å². The van der Waals surface area contributed by atoms with E-state index in [9.17, 15) is 4.39 Å². The Morgan fingerprint density at radius 1 is 1.64 bits per heavy atom. The van der Waals surface area contributed by atoms with E-state index in [0.29, 0.717) is 11.9 Å². The number of hydrogen-bond acceptors (Lipinski definition) is 2. The van der Waals surface area contributed by atoms with Crippen LogP contribution in [0.1, 0.15) is 0 Å². The molecule has 0 N–H and O–H groups in total. The average Bonchev–Trinajstić information content (AvgIpc) is 2.03. The lowest BCUT2D eigenvalue weighted by atomic mass is 10.4. The van der Waals surface area contributed by atoms with Crippen molar-refractivity contribution in [2.45, 2.75) is 0 Å². The summed E-state index contributed by atoms with van der Waals surface area (Å²) >= 11 is 3.16. The molecule has 0 aliphatic carbocycles. The van der Waals surface area contributed by atoms with E-state index < -0.39 is 5.95 Å². The van der Waals surface area contributed by atoms with Crippen LogP contribution in [0.2, 0.25) is 0 Å². The molecule has 0 fully saturated rings. The number of rotatable bonds is 3. The third-order valence-electron chi connectivity index (χ3n) is 1.06. The van der Waals surface area contributed by atoms with Gasteiger partial charge < -0.3 is 4.74 Å². The van der Waals surface area contributed by atoms with E-state index in [1.54, 1.807) is 12.1 Å². The second kappa shape index (κ2) is 4.28. The van der Waals surface area contributed by atoms with Crippen molar-refractivity contribution in [3.05, 3.63) is 24.3 Å². The van der Waals surface area contributed by atoms with Gasteiger partial charge in [-0.25, -0.2) is 4.98 Å². The lowest BCUT2D eigenvalue weighted by Gasteiger charge is -2.02. The van der Waals surface area contributed by atoms with Crippen LogP contribution in [0.25, 0.3) is 0 Å². The van der Waals surface area contributed by atoms with Crippen LogP contribution in [-0.2, 0) is 0 Å². The van der Waals surface area contributed by atoms with Crippen LogP contribution in [0, 0.1) is 5.95 Å². The van der Waals surface area contributed by atoms with Gasteiger partial charge in [-0.05, 0) is 12.1 Å². The van der Waals surface area contributed by atoms with Gasteiger partial charge in [-0.1, -0.05) is 15.9 Å². The maximum absolute atomic E-state index is 12.7. The largest absolute Gasteiger partial charge is 0.488 e. The molecule has 11 heavy (non-hydrogen) atoms. The highest BCUT2D eigenvalue weighted by Gasteiger charge is 2.00. The second-order valence-corrected chi connectivity index (χ2v) is 2.62. The van der Waals surface area contributed by atoms with Gasteiger partial charge in [0.2, 0.25) is 0 Å². The molecule has 0 aromatic carbocycles. The summed E-state index contributed by atoms with van der Waals surface area (Å²) in [5.74, 6) is -0.361.